The molecule has 0 heterocycles. The Hall–Kier alpha value is -0.620. The molecule has 0 radical (unpaired) electrons. The minimum atomic E-state index is -3.55. The number of rotatable bonds is 7. The van der Waals surface area contributed by atoms with Crippen LogP contribution in [0.4, 0.5) is 0 Å². The molecule has 0 aliphatic heterocycles. The summed E-state index contributed by atoms with van der Waals surface area (Å²) in [6.07, 6.45) is 2.81. The number of aliphatic hydroxyl groups is 1. The Bertz CT molecular complexity index is 517. The van der Waals surface area contributed by atoms with Crippen molar-refractivity contribution in [2.75, 3.05) is 0 Å². The highest BCUT2D eigenvalue weighted by molar-refractivity contribution is 7.89. The van der Waals surface area contributed by atoms with Crippen LogP contribution in [0.1, 0.15) is 38.7 Å². The van der Waals surface area contributed by atoms with Crippen LogP contribution < -0.4 is 4.72 Å². The molecule has 2 N–H and O–H groups in total. The summed E-state index contributed by atoms with van der Waals surface area (Å²) in [5.41, 5.74) is 0.514. The second kappa shape index (κ2) is 7.24. The number of benzene rings is 1. The summed E-state index contributed by atoms with van der Waals surface area (Å²) in [5, 5.41) is 9.26. The molecule has 108 valence electrons. The van der Waals surface area contributed by atoms with Gasteiger partial charge >= 0.3 is 0 Å². The SMILES string of the molecule is CCCCC(C)NS(=O)(=O)c1ccc(CO)c(Cl)c1. The molecule has 1 aromatic rings. The summed E-state index contributed by atoms with van der Waals surface area (Å²) in [4.78, 5) is 0.123. The molecule has 0 aliphatic carbocycles. The van der Waals surface area contributed by atoms with Crippen LogP contribution in [-0.4, -0.2) is 19.6 Å². The molecule has 0 amide bonds. The fourth-order valence-electron chi connectivity index (χ4n) is 1.73. The molecule has 19 heavy (non-hydrogen) atoms. The zero-order valence-corrected chi connectivity index (χ0v) is 12.8. The predicted octanol–water partition coefficient (Wildman–Crippen LogP) is 2.69. The Morgan fingerprint density at radius 3 is 2.63 bits per heavy atom. The third-order valence-corrected chi connectivity index (χ3v) is 4.79. The normalized spacial score (nSPS) is 13.5. The van der Waals surface area contributed by atoms with Crippen molar-refractivity contribution >= 4 is 21.6 Å². The van der Waals surface area contributed by atoms with Crippen LogP contribution in [0.2, 0.25) is 5.02 Å². The van der Waals surface area contributed by atoms with Crippen LogP contribution in [-0.2, 0) is 16.6 Å². The zero-order chi connectivity index (χ0) is 14.5. The molecule has 1 atom stereocenters. The van der Waals surface area contributed by atoms with Gasteiger partial charge in [0.1, 0.15) is 0 Å². The van der Waals surface area contributed by atoms with Gasteiger partial charge in [-0.1, -0.05) is 37.4 Å². The first-order valence-electron chi connectivity index (χ1n) is 6.32. The molecule has 0 fully saturated rings. The van der Waals surface area contributed by atoms with Crippen LogP contribution in [0, 0.1) is 0 Å². The fraction of sp³-hybridized carbons (Fsp3) is 0.538. The molecule has 1 rings (SSSR count). The summed E-state index contributed by atoms with van der Waals surface area (Å²) < 4.78 is 26.9. The quantitative estimate of drug-likeness (QED) is 0.814. The van der Waals surface area contributed by atoms with E-state index in [2.05, 4.69) is 11.6 Å². The first kappa shape index (κ1) is 16.4. The second-order valence-corrected chi connectivity index (χ2v) is 6.70. The average Bonchev–Trinajstić information content (AvgIpc) is 2.35. The van der Waals surface area contributed by atoms with E-state index in [1.807, 2.05) is 6.92 Å². The standard InChI is InChI=1S/C13H20ClNO3S/c1-3-4-5-10(2)15-19(17,18)12-7-6-11(9-16)13(14)8-12/h6-8,10,15-16H,3-5,9H2,1-2H3. The number of aliphatic hydroxyl groups excluding tert-OH is 1. The predicted molar refractivity (Wildman–Crippen MR) is 76.7 cm³/mol. The lowest BCUT2D eigenvalue weighted by atomic mass is 10.2. The van der Waals surface area contributed by atoms with Crippen LogP contribution in [0.15, 0.2) is 23.1 Å². The molecular weight excluding hydrogens is 286 g/mol. The van der Waals surface area contributed by atoms with E-state index in [4.69, 9.17) is 16.7 Å². The first-order valence-corrected chi connectivity index (χ1v) is 8.18. The lowest BCUT2D eigenvalue weighted by molar-refractivity contribution is 0.282. The number of halogens is 1. The number of nitrogens with one attached hydrogen (secondary N) is 1. The maximum Gasteiger partial charge on any atom is 0.240 e. The van der Waals surface area contributed by atoms with Gasteiger partial charge < -0.3 is 5.11 Å². The van der Waals surface area contributed by atoms with E-state index < -0.39 is 10.0 Å². The summed E-state index contributed by atoms with van der Waals surface area (Å²) >= 11 is 5.90. The Kier molecular flexibility index (Phi) is 6.26. The maximum atomic E-state index is 12.1. The van der Waals surface area contributed by atoms with Crippen LogP contribution in [0.3, 0.4) is 0 Å². The van der Waals surface area contributed by atoms with Gasteiger partial charge in [0.2, 0.25) is 10.0 Å². The van der Waals surface area contributed by atoms with Gasteiger partial charge in [-0.25, -0.2) is 13.1 Å². The minimum Gasteiger partial charge on any atom is -0.392 e. The van der Waals surface area contributed by atoms with Gasteiger partial charge in [-0.2, -0.15) is 0 Å². The van der Waals surface area contributed by atoms with Gasteiger partial charge in [-0.15, -0.1) is 0 Å². The summed E-state index contributed by atoms with van der Waals surface area (Å²) in [5.74, 6) is 0. The molecule has 0 spiro atoms. The zero-order valence-electron chi connectivity index (χ0n) is 11.2. The van der Waals surface area contributed by atoms with Crippen molar-refractivity contribution < 1.29 is 13.5 Å². The molecular formula is C13H20ClNO3S. The smallest absolute Gasteiger partial charge is 0.240 e. The third-order valence-electron chi connectivity index (χ3n) is 2.85. The van der Waals surface area contributed by atoms with Gasteiger partial charge in [0.25, 0.3) is 0 Å². The molecule has 0 bridgehead atoms. The summed E-state index contributed by atoms with van der Waals surface area (Å²) in [7, 11) is -3.55. The summed E-state index contributed by atoms with van der Waals surface area (Å²) in [6.45, 7) is 3.70. The van der Waals surface area contributed by atoms with Crippen LogP contribution >= 0.6 is 11.6 Å². The van der Waals surface area contributed by atoms with Gasteiger partial charge in [0.15, 0.2) is 0 Å². The fourth-order valence-corrected chi connectivity index (χ4v) is 3.33. The van der Waals surface area contributed by atoms with E-state index in [-0.39, 0.29) is 22.6 Å². The Morgan fingerprint density at radius 1 is 1.42 bits per heavy atom. The Balaban J connectivity index is 2.85. The van der Waals surface area contributed by atoms with E-state index in [9.17, 15) is 8.42 Å². The Morgan fingerprint density at radius 2 is 2.11 bits per heavy atom. The highest BCUT2D eigenvalue weighted by Gasteiger charge is 2.18. The van der Waals surface area contributed by atoms with Crippen molar-refractivity contribution in [1.29, 1.82) is 0 Å². The largest absolute Gasteiger partial charge is 0.392 e. The average molecular weight is 306 g/mol. The van der Waals surface area contributed by atoms with Gasteiger partial charge in [0, 0.05) is 11.1 Å². The molecule has 1 aromatic carbocycles. The number of hydrogen-bond acceptors (Lipinski definition) is 3. The monoisotopic (exact) mass is 305 g/mol. The first-order chi connectivity index (χ1) is 8.90. The van der Waals surface area contributed by atoms with Crippen molar-refractivity contribution in [3.05, 3.63) is 28.8 Å². The lowest BCUT2D eigenvalue weighted by Crippen LogP contribution is -2.32. The van der Waals surface area contributed by atoms with Crippen molar-refractivity contribution in [2.45, 2.75) is 50.7 Å². The van der Waals surface area contributed by atoms with Crippen LogP contribution in [0.5, 0.6) is 0 Å². The van der Waals surface area contributed by atoms with Gasteiger partial charge in [0.05, 0.1) is 11.5 Å². The third kappa shape index (κ3) is 4.76. The van der Waals surface area contributed by atoms with Crippen molar-refractivity contribution in [3.8, 4) is 0 Å². The van der Waals surface area contributed by atoms with E-state index in [0.717, 1.165) is 19.3 Å². The minimum absolute atomic E-state index is 0.110. The van der Waals surface area contributed by atoms with Gasteiger partial charge in [-0.05, 0) is 31.0 Å². The van der Waals surface area contributed by atoms with Gasteiger partial charge in [-0.3, -0.25) is 0 Å². The second-order valence-electron chi connectivity index (χ2n) is 4.58. The molecule has 0 aromatic heterocycles. The summed E-state index contributed by atoms with van der Waals surface area (Å²) in [6, 6.07) is 4.23. The molecule has 6 heteroatoms. The van der Waals surface area contributed by atoms with E-state index in [0.29, 0.717) is 5.56 Å². The van der Waals surface area contributed by atoms with E-state index in [1.165, 1.54) is 18.2 Å². The molecule has 0 aliphatic rings. The van der Waals surface area contributed by atoms with Crippen molar-refractivity contribution in [3.63, 3.8) is 0 Å². The number of unbranched alkanes of at least 4 members (excludes halogenated alkanes) is 1. The molecule has 4 nitrogen and oxygen atoms in total. The maximum absolute atomic E-state index is 12.1. The van der Waals surface area contributed by atoms with E-state index >= 15 is 0 Å². The molecule has 0 saturated carbocycles. The highest BCUT2D eigenvalue weighted by Crippen LogP contribution is 2.21. The highest BCUT2D eigenvalue weighted by atomic mass is 35.5. The number of sulfonamides is 1. The van der Waals surface area contributed by atoms with E-state index in [1.54, 1.807) is 0 Å². The van der Waals surface area contributed by atoms with Crippen molar-refractivity contribution in [2.24, 2.45) is 0 Å². The number of hydrogen-bond donors (Lipinski definition) is 2. The lowest BCUT2D eigenvalue weighted by Gasteiger charge is -2.14. The Labute approximate surface area is 119 Å². The van der Waals surface area contributed by atoms with Crippen LogP contribution in [0.25, 0.3) is 0 Å². The van der Waals surface area contributed by atoms with Crippen molar-refractivity contribution in [1.82, 2.24) is 4.72 Å². The molecule has 1 unspecified atom stereocenters. The topological polar surface area (TPSA) is 66.4 Å². The molecule has 0 saturated heterocycles.